The summed E-state index contributed by atoms with van der Waals surface area (Å²) >= 11 is 1.07. The summed E-state index contributed by atoms with van der Waals surface area (Å²) in [5.41, 5.74) is 1.45. The Balaban J connectivity index is 1.85. The zero-order chi connectivity index (χ0) is 21.4. The second-order valence-electron chi connectivity index (χ2n) is 6.90. The van der Waals surface area contributed by atoms with E-state index < -0.39 is 18.5 Å². The van der Waals surface area contributed by atoms with Crippen LogP contribution in [0.15, 0.2) is 34.4 Å². The first-order valence-corrected chi connectivity index (χ1v) is 10.1. The van der Waals surface area contributed by atoms with Crippen molar-refractivity contribution in [1.82, 2.24) is 9.88 Å². The predicted octanol–water partition coefficient (Wildman–Crippen LogP) is 2.18. The number of benzene rings is 1. The van der Waals surface area contributed by atoms with Crippen LogP contribution < -0.4 is 15.5 Å². The summed E-state index contributed by atoms with van der Waals surface area (Å²) in [4.78, 5) is 47.8. The normalized spacial score (nSPS) is 10.6. The lowest BCUT2D eigenvalue weighted by Gasteiger charge is -2.12. The van der Waals surface area contributed by atoms with Crippen LogP contribution in [0, 0.1) is 12.8 Å². The molecule has 29 heavy (non-hydrogen) atoms. The molecule has 0 aliphatic heterocycles. The number of nitrogens with one attached hydrogen (secondary N) is 2. The van der Waals surface area contributed by atoms with Crippen molar-refractivity contribution in [2.75, 3.05) is 18.5 Å². The molecule has 1 aromatic carbocycles. The topological polar surface area (TPSA) is 106 Å². The minimum Gasteiger partial charge on any atom is -0.456 e. The zero-order valence-electron chi connectivity index (χ0n) is 16.7. The van der Waals surface area contributed by atoms with Crippen LogP contribution in [0.1, 0.15) is 36.3 Å². The first-order valence-electron chi connectivity index (χ1n) is 9.25. The number of ether oxygens (including phenoxy) is 1. The van der Waals surface area contributed by atoms with Crippen molar-refractivity contribution in [2.45, 2.75) is 33.7 Å². The van der Waals surface area contributed by atoms with Gasteiger partial charge in [-0.25, -0.2) is 0 Å². The summed E-state index contributed by atoms with van der Waals surface area (Å²) in [6.45, 7) is 6.00. The summed E-state index contributed by atoms with van der Waals surface area (Å²) in [5.74, 6) is -1.12. The number of carbonyl (C=O) groups excluding carboxylic acids is 3. The molecule has 0 saturated carbocycles. The van der Waals surface area contributed by atoms with Gasteiger partial charge in [-0.2, -0.15) is 0 Å². The van der Waals surface area contributed by atoms with Gasteiger partial charge in [-0.15, -0.1) is 0 Å². The molecule has 0 aliphatic rings. The molecule has 0 aliphatic carbocycles. The van der Waals surface area contributed by atoms with E-state index in [0.29, 0.717) is 23.7 Å². The molecule has 2 aromatic rings. The number of esters is 1. The summed E-state index contributed by atoms with van der Waals surface area (Å²) < 4.78 is 6.45. The Morgan fingerprint density at radius 3 is 2.59 bits per heavy atom. The van der Waals surface area contributed by atoms with E-state index in [0.717, 1.165) is 17.0 Å². The molecular weight excluding hydrogens is 394 g/mol. The Hall–Kier alpha value is -2.94. The fraction of sp³-hybridized carbons (Fsp3) is 0.400. The number of amides is 2. The van der Waals surface area contributed by atoms with Crippen LogP contribution in [-0.4, -0.2) is 35.5 Å². The fourth-order valence-corrected chi connectivity index (χ4v) is 3.23. The van der Waals surface area contributed by atoms with Crippen molar-refractivity contribution in [3.63, 3.8) is 0 Å². The molecule has 0 atom stereocenters. The minimum atomic E-state index is -0.583. The van der Waals surface area contributed by atoms with Crippen LogP contribution in [0.4, 0.5) is 5.69 Å². The predicted molar refractivity (Wildman–Crippen MR) is 111 cm³/mol. The maximum atomic E-state index is 12.3. The van der Waals surface area contributed by atoms with Gasteiger partial charge in [0, 0.05) is 24.2 Å². The van der Waals surface area contributed by atoms with Gasteiger partial charge in [-0.1, -0.05) is 37.3 Å². The maximum absolute atomic E-state index is 12.3. The Kier molecular flexibility index (Phi) is 8.14. The lowest BCUT2D eigenvalue weighted by atomic mass is 10.1. The number of carbonyl (C=O) groups is 3. The molecule has 156 valence electrons. The second kappa shape index (κ2) is 10.6. The fourth-order valence-electron chi connectivity index (χ4n) is 2.46. The van der Waals surface area contributed by atoms with Crippen molar-refractivity contribution in [1.29, 1.82) is 0 Å². The van der Waals surface area contributed by atoms with Crippen LogP contribution in [-0.2, 0) is 20.9 Å². The quantitative estimate of drug-likeness (QED) is 0.606. The average Bonchev–Trinajstić information content (AvgIpc) is 3.01. The first kappa shape index (κ1) is 22.4. The van der Waals surface area contributed by atoms with Crippen molar-refractivity contribution in [3.05, 3.63) is 50.6 Å². The highest BCUT2D eigenvalue weighted by molar-refractivity contribution is 7.07. The smallest absolute Gasteiger partial charge is 0.308 e. The van der Waals surface area contributed by atoms with Crippen LogP contribution in [0.25, 0.3) is 0 Å². The van der Waals surface area contributed by atoms with Gasteiger partial charge in [0.25, 0.3) is 11.8 Å². The van der Waals surface area contributed by atoms with E-state index in [2.05, 4.69) is 10.6 Å². The summed E-state index contributed by atoms with van der Waals surface area (Å²) in [6.07, 6.45) is -0.0149. The molecule has 9 heteroatoms. The summed E-state index contributed by atoms with van der Waals surface area (Å²) in [6, 6.07) is 6.62. The largest absolute Gasteiger partial charge is 0.456 e. The molecule has 0 spiro atoms. The second-order valence-corrected chi connectivity index (χ2v) is 7.72. The lowest BCUT2D eigenvalue weighted by Crippen LogP contribution is -2.29. The van der Waals surface area contributed by atoms with Gasteiger partial charge in [-0.3, -0.25) is 19.2 Å². The van der Waals surface area contributed by atoms with Gasteiger partial charge >= 0.3 is 10.8 Å². The van der Waals surface area contributed by atoms with Crippen molar-refractivity contribution in [3.8, 4) is 0 Å². The van der Waals surface area contributed by atoms with Crippen molar-refractivity contribution < 1.29 is 19.1 Å². The molecule has 0 radical (unpaired) electrons. The molecule has 0 unspecified atom stereocenters. The van der Waals surface area contributed by atoms with Crippen LogP contribution in [0.2, 0.25) is 0 Å². The van der Waals surface area contributed by atoms with E-state index >= 15 is 0 Å². The molecule has 0 bridgehead atoms. The molecule has 1 aromatic heterocycles. The van der Waals surface area contributed by atoms with Gasteiger partial charge in [0.1, 0.15) is 0 Å². The molecule has 2 amide bonds. The van der Waals surface area contributed by atoms with Gasteiger partial charge in [0.05, 0.1) is 17.7 Å². The number of hydrogen-bond acceptors (Lipinski definition) is 6. The monoisotopic (exact) mass is 419 g/mol. The maximum Gasteiger partial charge on any atom is 0.308 e. The molecular formula is C20H25N3O5S. The molecule has 2 N–H and O–H groups in total. The van der Waals surface area contributed by atoms with Crippen LogP contribution >= 0.6 is 11.3 Å². The van der Waals surface area contributed by atoms with Gasteiger partial charge in [0.2, 0.25) is 0 Å². The third-order valence-electron chi connectivity index (χ3n) is 4.00. The Morgan fingerprint density at radius 1 is 1.21 bits per heavy atom. The SMILES string of the molecule is Cc1csc(=O)n1CCC(=O)OCC(=O)Nc1ccccc1C(=O)NCC(C)C. The van der Waals surface area contributed by atoms with E-state index in [1.807, 2.05) is 13.8 Å². The number of aromatic nitrogens is 1. The van der Waals surface area contributed by atoms with Crippen LogP contribution in [0.3, 0.4) is 0 Å². The number of nitrogens with zero attached hydrogens (tertiary/aromatic N) is 1. The third kappa shape index (κ3) is 6.86. The van der Waals surface area contributed by atoms with E-state index in [1.165, 1.54) is 4.57 Å². The van der Waals surface area contributed by atoms with Gasteiger partial charge < -0.3 is 19.9 Å². The van der Waals surface area contributed by atoms with Crippen LogP contribution in [0.5, 0.6) is 0 Å². The molecule has 1 heterocycles. The lowest BCUT2D eigenvalue weighted by molar-refractivity contribution is -0.147. The number of para-hydroxylation sites is 1. The number of rotatable bonds is 9. The van der Waals surface area contributed by atoms with E-state index in [1.54, 1.807) is 36.6 Å². The van der Waals surface area contributed by atoms with E-state index in [-0.39, 0.29) is 23.7 Å². The molecule has 2 rings (SSSR count). The Bertz CT molecular complexity index is 932. The Labute approximate surface area is 172 Å². The van der Waals surface area contributed by atoms with E-state index in [4.69, 9.17) is 4.74 Å². The van der Waals surface area contributed by atoms with Crippen molar-refractivity contribution in [2.24, 2.45) is 5.92 Å². The molecule has 0 fully saturated rings. The minimum absolute atomic E-state index is 0.0149. The molecule has 0 saturated heterocycles. The Morgan fingerprint density at radius 2 is 1.93 bits per heavy atom. The average molecular weight is 420 g/mol. The standard InChI is InChI=1S/C20H25N3O5S/c1-13(2)10-21-19(26)15-6-4-5-7-16(15)22-17(24)11-28-18(25)8-9-23-14(3)12-29-20(23)27/h4-7,12-13H,8-11H2,1-3H3,(H,21,26)(H,22,24). The number of aryl methyl sites for hydroxylation is 1. The molecule has 8 nitrogen and oxygen atoms in total. The van der Waals surface area contributed by atoms with Gasteiger partial charge in [-0.05, 0) is 25.0 Å². The first-order chi connectivity index (χ1) is 13.8. The van der Waals surface area contributed by atoms with Gasteiger partial charge in [0.15, 0.2) is 6.61 Å². The number of hydrogen-bond donors (Lipinski definition) is 2. The summed E-state index contributed by atoms with van der Waals surface area (Å²) in [7, 11) is 0. The van der Waals surface area contributed by atoms with Crippen molar-refractivity contribution >= 4 is 34.8 Å². The number of thiazole rings is 1. The zero-order valence-corrected chi connectivity index (χ0v) is 17.5. The highest BCUT2D eigenvalue weighted by Crippen LogP contribution is 2.15. The highest BCUT2D eigenvalue weighted by atomic mass is 32.1. The summed E-state index contributed by atoms with van der Waals surface area (Å²) in [5, 5.41) is 7.11. The third-order valence-corrected chi connectivity index (χ3v) is 4.88. The highest BCUT2D eigenvalue weighted by Gasteiger charge is 2.15. The number of anilines is 1. The van der Waals surface area contributed by atoms with E-state index in [9.17, 15) is 19.2 Å².